The summed E-state index contributed by atoms with van der Waals surface area (Å²) in [5.41, 5.74) is 21.5. The van der Waals surface area contributed by atoms with Gasteiger partial charge >= 0.3 is 0 Å². The van der Waals surface area contributed by atoms with Crippen molar-refractivity contribution in [3.05, 3.63) is 87.8 Å². The molecule has 8 N–H and O–H groups in total. The molecule has 2 aliphatic carbocycles. The lowest BCUT2D eigenvalue weighted by Gasteiger charge is -2.37. The summed E-state index contributed by atoms with van der Waals surface area (Å²) >= 11 is 1.22. The fourth-order valence-electron chi connectivity index (χ4n) is 6.61. The number of rotatable bonds is 7. The minimum Gasteiger partial charge on any atom is -0.457 e. The molecule has 1 saturated carbocycles. The minimum absolute atomic E-state index is 0.0487. The van der Waals surface area contributed by atoms with Gasteiger partial charge in [0.1, 0.15) is 17.0 Å². The van der Waals surface area contributed by atoms with Gasteiger partial charge in [-0.25, -0.2) is 0 Å². The number of Topliss-reactive ketones (excluding diaryl/α,β-unsaturated/α-hetero) is 1. The number of ketones is 1. The highest BCUT2D eigenvalue weighted by Crippen LogP contribution is 2.50. The van der Waals surface area contributed by atoms with Crippen LogP contribution in [0.5, 0.6) is 11.5 Å². The average Bonchev–Trinajstić information content (AvgIpc) is 3.43. The number of benzene rings is 3. The van der Waals surface area contributed by atoms with E-state index in [1.165, 1.54) is 11.3 Å². The second-order valence-corrected chi connectivity index (χ2v) is 12.7. The molecule has 0 radical (unpaired) electrons. The molecule has 228 valence electrons. The third-order valence-electron chi connectivity index (χ3n) is 8.87. The van der Waals surface area contributed by atoms with E-state index in [1.807, 2.05) is 43.3 Å². The summed E-state index contributed by atoms with van der Waals surface area (Å²) in [4.78, 5) is 40.6. The Morgan fingerprint density at radius 3 is 2.34 bits per heavy atom. The van der Waals surface area contributed by atoms with Crippen LogP contribution >= 0.6 is 11.3 Å². The fraction of sp³-hybridized carbons (Fsp3) is 0.324. The van der Waals surface area contributed by atoms with Crippen molar-refractivity contribution >= 4 is 44.7 Å². The van der Waals surface area contributed by atoms with Crippen LogP contribution in [-0.2, 0) is 15.1 Å². The lowest BCUT2D eigenvalue weighted by Crippen LogP contribution is -2.54. The number of carbonyl (C=O) groups excluding carboxylic acids is 3. The summed E-state index contributed by atoms with van der Waals surface area (Å²) in [7, 11) is 0. The van der Waals surface area contributed by atoms with E-state index in [2.05, 4.69) is 10.6 Å². The van der Waals surface area contributed by atoms with E-state index in [1.54, 1.807) is 31.2 Å². The zero-order chi connectivity index (χ0) is 31.2. The first-order valence-corrected chi connectivity index (χ1v) is 15.8. The quantitative estimate of drug-likeness (QED) is 0.185. The van der Waals surface area contributed by atoms with Gasteiger partial charge in [0.2, 0.25) is 5.91 Å². The first-order chi connectivity index (χ1) is 21.1. The van der Waals surface area contributed by atoms with Gasteiger partial charge in [-0.05, 0) is 66.8 Å². The van der Waals surface area contributed by atoms with E-state index in [-0.39, 0.29) is 23.9 Å². The third-order valence-corrected chi connectivity index (χ3v) is 10.1. The van der Waals surface area contributed by atoms with E-state index >= 15 is 0 Å². The molecule has 0 saturated heterocycles. The van der Waals surface area contributed by atoms with Crippen molar-refractivity contribution in [1.29, 1.82) is 0 Å². The molecule has 0 bridgehead atoms. The highest BCUT2D eigenvalue weighted by molar-refractivity contribution is 7.21. The smallest absolute Gasteiger partial charge is 0.262 e. The van der Waals surface area contributed by atoms with Gasteiger partial charge in [0.05, 0.1) is 15.6 Å². The van der Waals surface area contributed by atoms with E-state index in [4.69, 9.17) is 21.9 Å². The van der Waals surface area contributed by atoms with Crippen molar-refractivity contribution in [2.75, 3.05) is 5.73 Å². The van der Waals surface area contributed by atoms with Crippen molar-refractivity contribution in [2.45, 2.75) is 69.6 Å². The van der Waals surface area contributed by atoms with Crippen LogP contribution in [0.2, 0.25) is 0 Å². The highest BCUT2D eigenvalue weighted by atomic mass is 32.1. The number of nitrogen functional groups attached to an aromatic ring is 1. The molecule has 3 aromatic carbocycles. The van der Waals surface area contributed by atoms with Gasteiger partial charge in [-0.2, -0.15) is 0 Å². The average molecular weight is 612 g/mol. The third kappa shape index (κ3) is 5.02. The fourth-order valence-corrected chi connectivity index (χ4v) is 7.82. The van der Waals surface area contributed by atoms with Gasteiger partial charge < -0.3 is 32.6 Å². The molecule has 4 atom stereocenters. The lowest BCUT2D eigenvalue weighted by atomic mass is 9.69. The predicted octanol–water partition coefficient (Wildman–Crippen LogP) is 4.94. The standard InChI is InChI=1S/C34H37N5O4S/c1-3-26(40)38-24-11-7-8-12-25(24)39-33(42)31-28-27-22(15-16-23(35)30(27)44-31)34(37,32(41)29(28)36)21-14-13-20(17-18(21)2)43-19-9-5-4-6-10-19/h4-6,9-10,13-17,24-25,29H,3,7-8,11-12,35-37H2,1-2H3,(H,38,40)(H,39,42)/t24-,25-,29?,34?/m1/s1. The number of thiophene rings is 1. The van der Waals surface area contributed by atoms with Crippen molar-refractivity contribution < 1.29 is 19.1 Å². The Balaban J connectivity index is 1.39. The summed E-state index contributed by atoms with van der Waals surface area (Å²) in [5, 5.41) is 6.84. The zero-order valence-corrected chi connectivity index (χ0v) is 25.6. The zero-order valence-electron chi connectivity index (χ0n) is 24.8. The maximum atomic E-state index is 14.2. The maximum Gasteiger partial charge on any atom is 0.262 e. The molecule has 1 aromatic heterocycles. The van der Waals surface area contributed by atoms with E-state index < -0.39 is 17.4 Å². The van der Waals surface area contributed by atoms with Crippen LogP contribution in [0.25, 0.3) is 10.1 Å². The second kappa shape index (κ2) is 11.7. The second-order valence-electron chi connectivity index (χ2n) is 11.7. The number of nitrogens with one attached hydrogen (secondary N) is 2. The molecule has 0 spiro atoms. The number of amides is 2. The van der Waals surface area contributed by atoms with Gasteiger partial charge in [0.15, 0.2) is 5.78 Å². The van der Waals surface area contributed by atoms with Gasteiger partial charge in [-0.15, -0.1) is 11.3 Å². The molecule has 9 nitrogen and oxygen atoms in total. The topological polar surface area (TPSA) is 163 Å². The number of hydrogen-bond acceptors (Lipinski definition) is 8. The predicted molar refractivity (Wildman–Crippen MR) is 173 cm³/mol. The Morgan fingerprint density at radius 1 is 0.977 bits per heavy atom. The minimum atomic E-state index is -1.57. The summed E-state index contributed by atoms with van der Waals surface area (Å²) in [5.74, 6) is 0.517. The molecular weight excluding hydrogens is 574 g/mol. The monoisotopic (exact) mass is 611 g/mol. The molecule has 1 heterocycles. The lowest BCUT2D eigenvalue weighted by molar-refractivity contribution is -0.125. The van der Waals surface area contributed by atoms with Crippen LogP contribution in [0.3, 0.4) is 0 Å². The molecule has 2 amide bonds. The van der Waals surface area contributed by atoms with E-state index in [0.29, 0.717) is 55.3 Å². The summed E-state index contributed by atoms with van der Waals surface area (Å²) < 4.78 is 6.67. The highest BCUT2D eigenvalue weighted by Gasteiger charge is 2.49. The number of aryl methyl sites for hydroxylation is 1. The molecule has 2 unspecified atom stereocenters. The van der Waals surface area contributed by atoms with Crippen LogP contribution in [0.1, 0.15) is 77.0 Å². The number of nitrogens with two attached hydrogens (primary N) is 3. The number of hydrogen-bond donors (Lipinski definition) is 5. The Morgan fingerprint density at radius 2 is 1.66 bits per heavy atom. The van der Waals surface area contributed by atoms with Crippen LogP contribution in [0, 0.1) is 6.92 Å². The van der Waals surface area contributed by atoms with E-state index in [0.717, 1.165) is 31.2 Å². The Labute approximate surface area is 260 Å². The van der Waals surface area contributed by atoms with Crippen molar-refractivity contribution in [3.63, 3.8) is 0 Å². The van der Waals surface area contributed by atoms with Crippen LogP contribution in [0.15, 0.2) is 60.7 Å². The van der Waals surface area contributed by atoms with Crippen LogP contribution in [-0.4, -0.2) is 29.7 Å². The molecule has 44 heavy (non-hydrogen) atoms. The van der Waals surface area contributed by atoms with Gasteiger partial charge in [-0.3, -0.25) is 14.4 Å². The van der Waals surface area contributed by atoms with Gasteiger partial charge in [0, 0.05) is 35.1 Å². The van der Waals surface area contributed by atoms with Crippen molar-refractivity contribution in [1.82, 2.24) is 10.6 Å². The van der Waals surface area contributed by atoms with Crippen molar-refractivity contribution in [3.8, 4) is 11.5 Å². The van der Waals surface area contributed by atoms with Gasteiger partial charge in [-0.1, -0.05) is 50.1 Å². The SMILES string of the molecule is CCC(=O)N[C@@H]1CCCC[C@H]1NC(=O)c1sc2c(N)ccc3c2c1C(N)C(=O)C3(N)c1ccc(Oc2ccccc2)cc1C. The summed E-state index contributed by atoms with van der Waals surface area (Å²) in [6.45, 7) is 3.69. The first-order valence-electron chi connectivity index (χ1n) is 15.0. The number of carbonyl (C=O) groups is 3. The van der Waals surface area contributed by atoms with E-state index in [9.17, 15) is 14.4 Å². The molecular formula is C34H37N5O4S. The molecule has 4 aromatic rings. The maximum absolute atomic E-state index is 14.2. The molecule has 1 fully saturated rings. The molecule has 0 aliphatic heterocycles. The van der Waals surface area contributed by atoms with Gasteiger partial charge in [0.25, 0.3) is 5.91 Å². The summed E-state index contributed by atoms with van der Waals surface area (Å²) in [6, 6.07) is 16.8. The van der Waals surface area contributed by atoms with Crippen LogP contribution in [0.4, 0.5) is 5.69 Å². The Bertz CT molecular complexity index is 1770. The van der Waals surface area contributed by atoms with Crippen molar-refractivity contribution in [2.24, 2.45) is 11.5 Å². The van der Waals surface area contributed by atoms with Crippen LogP contribution < -0.4 is 32.6 Å². The largest absolute Gasteiger partial charge is 0.457 e. The molecule has 2 aliphatic rings. The summed E-state index contributed by atoms with van der Waals surface area (Å²) in [6.07, 6.45) is 3.83. The Kier molecular flexibility index (Phi) is 7.91. The first kappa shape index (κ1) is 29.8. The normalized spacial score (nSPS) is 22.9. The molecule has 6 rings (SSSR count). The number of ether oxygens (including phenoxy) is 1. The number of para-hydroxylation sites is 1. The molecule has 10 heteroatoms. The Hall–Kier alpha value is -4.25. The number of anilines is 1.